The van der Waals surface area contributed by atoms with Crippen LogP contribution >= 0.6 is 0 Å². The van der Waals surface area contributed by atoms with Crippen LogP contribution in [-0.4, -0.2) is 45.6 Å². The van der Waals surface area contributed by atoms with E-state index in [1.54, 1.807) is 36.7 Å². The number of hydrogen-bond donors (Lipinski definition) is 2. The van der Waals surface area contributed by atoms with Gasteiger partial charge < -0.3 is 11.1 Å². The fourth-order valence-electron chi connectivity index (χ4n) is 4.13. The van der Waals surface area contributed by atoms with Gasteiger partial charge in [-0.2, -0.15) is 0 Å². The van der Waals surface area contributed by atoms with Crippen LogP contribution in [0, 0.1) is 0 Å². The first kappa shape index (κ1) is 21.0. The van der Waals surface area contributed by atoms with E-state index >= 15 is 0 Å². The van der Waals surface area contributed by atoms with Gasteiger partial charge in [0.1, 0.15) is 5.54 Å². The van der Waals surface area contributed by atoms with Crippen molar-refractivity contribution in [2.45, 2.75) is 43.7 Å². The minimum atomic E-state index is -2.83. The second-order valence-corrected chi connectivity index (χ2v) is 8.00. The number of carbonyl (C=O) groups is 3. The Balaban J connectivity index is 1.47. The van der Waals surface area contributed by atoms with E-state index in [2.05, 4.69) is 10.3 Å². The van der Waals surface area contributed by atoms with E-state index in [9.17, 15) is 23.2 Å². The van der Waals surface area contributed by atoms with Crippen LogP contribution in [0.3, 0.4) is 0 Å². The van der Waals surface area contributed by atoms with Crippen LogP contribution in [0.2, 0.25) is 0 Å². The van der Waals surface area contributed by atoms with Crippen molar-refractivity contribution in [1.82, 2.24) is 15.2 Å². The fourth-order valence-corrected chi connectivity index (χ4v) is 4.13. The summed E-state index contributed by atoms with van der Waals surface area (Å²) in [6.07, 6.45) is 2.13. The summed E-state index contributed by atoms with van der Waals surface area (Å²) < 4.78 is 27.0. The number of rotatable bonds is 5. The second-order valence-electron chi connectivity index (χ2n) is 8.00. The average molecular weight is 428 g/mol. The Bertz CT molecular complexity index is 1030. The minimum Gasteiger partial charge on any atom is -0.326 e. The number of amides is 3. The number of urea groups is 1. The van der Waals surface area contributed by atoms with Crippen molar-refractivity contribution in [2.24, 2.45) is 5.73 Å². The van der Waals surface area contributed by atoms with Crippen molar-refractivity contribution in [3.63, 3.8) is 0 Å². The van der Waals surface area contributed by atoms with E-state index in [1.807, 2.05) is 6.07 Å². The second kappa shape index (κ2) is 7.81. The Hall–Kier alpha value is -3.20. The van der Waals surface area contributed by atoms with Gasteiger partial charge in [-0.05, 0) is 30.0 Å². The molecule has 0 radical (unpaired) electrons. The normalized spacial score (nSPS) is 19.5. The molecule has 3 N–H and O–H groups in total. The first-order chi connectivity index (χ1) is 14.7. The summed E-state index contributed by atoms with van der Waals surface area (Å²) in [6.45, 7) is -0.0957. The molecule has 1 aromatic heterocycles. The zero-order valence-electron chi connectivity index (χ0n) is 16.7. The van der Waals surface area contributed by atoms with Gasteiger partial charge in [-0.1, -0.05) is 24.3 Å². The van der Waals surface area contributed by atoms with E-state index < -0.39 is 48.6 Å². The number of halogens is 2. The number of nitrogens with one attached hydrogen (secondary N) is 1. The van der Waals surface area contributed by atoms with Gasteiger partial charge in [-0.3, -0.25) is 19.5 Å². The number of carbonyl (C=O) groups excluding carboxylic acids is 3. The van der Waals surface area contributed by atoms with Crippen LogP contribution in [-0.2, 0) is 11.3 Å². The molecule has 1 aromatic carbocycles. The predicted molar refractivity (Wildman–Crippen MR) is 108 cm³/mol. The summed E-state index contributed by atoms with van der Waals surface area (Å²) in [6, 6.07) is 7.83. The molecule has 4 rings (SSSR count). The minimum absolute atomic E-state index is 0.140. The van der Waals surface area contributed by atoms with E-state index in [0.717, 1.165) is 21.6 Å². The number of alkyl halides is 2. The zero-order chi connectivity index (χ0) is 22.2. The molecule has 2 heterocycles. The Kier molecular flexibility index (Phi) is 5.30. The standard InChI is InChI=1S/C22H22F2N4O3/c23-22(24)8-6-21(7-9-22)19(30)28(20(31)27-21)13-18(29)15-3-1-14(2-4-15)17-12-26-10-5-16(17)11-25/h1-5,10,12H,6-9,11,13,25H2,(H,27,31). The molecule has 1 saturated heterocycles. The summed E-state index contributed by atoms with van der Waals surface area (Å²) in [4.78, 5) is 42.8. The molecule has 3 amide bonds. The van der Waals surface area contributed by atoms with Crippen LogP contribution in [0.4, 0.5) is 13.6 Å². The molecule has 1 aliphatic heterocycles. The molecule has 162 valence electrons. The maximum absolute atomic E-state index is 13.5. The van der Waals surface area contributed by atoms with Crippen molar-refractivity contribution in [1.29, 1.82) is 0 Å². The van der Waals surface area contributed by atoms with Gasteiger partial charge in [0, 0.05) is 42.9 Å². The quantitative estimate of drug-likeness (QED) is 0.563. The lowest BCUT2D eigenvalue weighted by molar-refractivity contribution is -0.135. The summed E-state index contributed by atoms with van der Waals surface area (Å²) >= 11 is 0. The van der Waals surface area contributed by atoms with Crippen LogP contribution in [0.25, 0.3) is 11.1 Å². The lowest BCUT2D eigenvalue weighted by atomic mass is 9.80. The van der Waals surface area contributed by atoms with Gasteiger partial charge >= 0.3 is 6.03 Å². The van der Waals surface area contributed by atoms with Gasteiger partial charge in [-0.25, -0.2) is 13.6 Å². The Morgan fingerprint density at radius 1 is 1.10 bits per heavy atom. The van der Waals surface area contributed by atoms with Gasteiger partial charge in [0.05, 0.1) is 6.54 Å². The highest BCUT2D eigenvalue weighted by atomic mass is 19.3. The lowest BCUT2D eigenvalue weighted by Crippen LogP contribution is -2.51. The van der Waals surface area contributed by atoms with E-state index in [0.29, 0.717) is 12.1 Å². The predicted octanol–water partition coefficient (Wildman–Crippen LogP) is 2.89. The average Bonchev–Trinajstić information content (AvgIpc) is 3.00. The van der Waals surface area contributed by atoms with E-state index in [1.165, 1.54) is 0 Å². The zero-order valence-corrected chi connectivity index (χ0v) is 16.7. The molecule has 7 nitrogen and oxygen atoms in total. The summed E-state index contributed by atoms with van der Waals surface area (Å²) in [5.41, 5.74) is 7.36. The first-order valence-electron chi connectivity index (χ1n) is 10.0. The highest BCUT2D eigenvalue weighted by Gasteiger charge is 2.55. The van der Waals surface area contributed by atoms with Crippen LogP contribution in [0.5, 0.6) is 0 Å². The highest BCUT2D eigenvalue weighted by Crippen LogP contribution is 2.41. The number of ketones is 1. The fraction of sp³-hybridized carbons (Fsp3) is 0.364. The third-order valence-corrected chi connectivity index (χ3v) is 6.03. The monoisotopic (exact) mass is 428 g/mol. The first-order valence-corrected chi connectivity index (χ1v) is 10.0. The van der Waals surface area contributed by atoms with Crippen LogP contribution < -0.4 is 11.1 Å². The van der Waals surface area contributed by atoms with Crippen molar-refractivity contribution >= 4 is 17.7 Å². The Morgan fingerprint density at radius 3 is 2.42 bits per heavy atom. The molecule has 1 saturated carbocycles. The number of Topliss-reactive ketones (excluding diaryl/α,β-unsaturated/α-hetero) is 1. The molecular weight excluding hydrogens is 406 g/mol. The number of nitrogens with zero attached hydrogens (tertiary/aromatic N) is 2. The molecule has 1 aliphatic carbocycles. The Morgan fingerprint density at radius 2 is 1.77 bits per heavy atom. The molecule has 9 heteroatoms. The molecule has 0 unspecified atom stereocenters. The molecule has 0 bridgehead atoms. The van der Waals surface area contributed by atoms with Crippen molar-refractivity contribution in [3.05, 3.63) is 53.9 Å². The number of aromatic nitrogens is 1. The summed E-state index contributed by atoms with van der Waals surface area (Å²) in [5, 5.41) is 2.54. The maximum atomic E-state index is 13.5. The summed E-state index contributed by atoms with van der Waals surface area (Å²) in [5.74, 6) is -3.86. The SMILES string of the molecule is NCc1ccncc1-c1ccc(C(=O)CN2C(=O)NC3(CCC(F)(F)CC3)C2=O)cc1. The van der Waals surface area contributed by atoms with Crippen molar-refractivity contribution in [2.75, 3.05) is 6.54 Å². The third kappa shape index (κ3) is 3.93. The molecule has 2 fully saturated rings. The summed E-state index contributed by atoms with van der Waals surface area (Å²) in [7, 11) is 0. The molecule has 31 heavy (non-hydrogen) atoms. The van der Waals surface area contributed by atoms with Gasteiger partial charge in [0.25, 0.3) is 5.91 Å². The van der Waals surface area contributed by atoms with Crippen molar-refractivity contribution < 1.29 is 23.2 Å². The molecule has 2 aliphatic rings. The Labute approximate surface area is 177 Å². The topological polar surface area (TPSA) is 105 Å². The molecule has 1 spiro atoms. The van der Waals surface area contributed by atoms with Crippen molar-refractivity contribution in [3.8, 4) is 11.1 Å². The number of pyridine rings is 1. The van der Waals surface area contributed by atoms with Crippen LogP contribution in [0.1, 0.15) is 41.6 Å². The number of hydrogen-bond acceptors (Lipinski definition) is 5. The molecule has 0 atom stereocenters. The third-order valence-electron chi connectivity index (χ3n) is 6.03. The number of nitrogens with two attached hydrogens (primary N) is 1. The number of imide groups is 1. The van der Waals surface area contributed by atoms with Gasteiger partial charge in [-0.15, -0.1) is 0 Å². The highest BCUT2D eigenvalue weighted by molar-refractivity contribution is 6.11. The maximum Gasteiger partial charge on any atom is 0.325 e. The largest absolute Gasteiger partial charge is 0.326 e. The van der Waals surface area contributed by atoms with Crippen LogP contribution in [0.15, 0.2) is 42.7 Å². The van der Waals surface area contributed by atoms with Gasteiger partial charge in [0.2, 0.25) is 5.92 Å². The molecular formula is C22H22F2N4O3. The smallest absolute Gasteiger partial charge is 0.325 e. The number of benzene rings is 1. The van der Waals surface area contributed by atoms with Gasteiger partial charge in [0.15, 0.2) is 5.78 Å². The van der Waals surface area contributed by atoms with E-state index in [4.69, 9.17) is 5.73 Å². The van der Waals surface area contributed by atoms with E-state index in [-0.39, 0.29) is 12.8 Å². The lowest BCUT2D eigenvalue weighted by Gasteiger charge is -2.34. The molecule has 2 aromatic rings.